The molecule has 108 valence electrons. The molecule has 1 saturated heterocycles. The fourth-order valence-electron chi connectivity index (χ4n) is 2.61. The molecule has 0 saturated carbocycles. The molecule has 19 heavy (non-hydrogen) atoms. The molecule has 1 N–H and O–H groups in total. The van der Waals surface area contributed by atoms with Crippen molar-refractivity contribution in [1.82, 2.24) is 14.7 Å². The fraction of sp³-hybridized carbons (Fsp3) is 0.750. The lowest BCUT2D eigenvalue weighted by molar-refractivity contribution is -0.144. The first-order valence-corrected chi connectivity index (χ1v) is 6.27. The molecule has 0 spiro atoms. The van der Waals surface area contributed by atoms with E-state index in [-0.39, 0.29) is 18.0 Å². The van der Waals surface area contributed by atoms with E-state index >= 15 is 0 Å². The molecule has 1 aliphatic heterocycles. The van der Waals surface area contributed by atoms with E-state index in [0.29, 0.717) is 13.1 Å². The number of aliphatic hydroxyl groups is 1. The highest BCUT2D eigenvalue weighted by Gasteiger charge is 2.38. The van der Waals surface area contributed by atoms with Gasteiger partial charge in [0.2, 0.25) is 0 Å². The van der Waals surface area contributed by atoms with Crippen LogP contribution in [0.5, 0.6) is 0 Å². The first-order valence-electron chi connectivity index (χ1n) is 6.27. The van der Waals surface area contributed by atoms with Gasteiger partial charge in [0.05, 0.1) is 12.3 Å². The molecule has 2 atom stereocenters. The summed E-state index contributed by atoms with van der Waals surface area (Å²) in [4.78, 5) is 1.93. The molecular formula is C12H18F3N3O. The minimum absolute atomic E-state index is 0.144. The Morgan fingerprint density at radius 1 is 1.53 bits per heavy atom. The van der Waals surface area contributed by atoms with Gasteiger partial charge in [-0.25, -0.2) is 0 Å². The number of aromatic nitrogens is 2. The zero-order chi connectivity index (χ0) is 14.2. The van der Waals surface area contributed by atoms with Gasteiger partial charge in [-0.1, -0.05) is 0 Å². The zero-order valence-corrected chi connectivity index (χ0v) is 11.0. The summed E-state index contributed by atoms with van der Waals surface area (Å²) in [6, 6.07) is 0. The number of aliphatic hydroxyl groups excluding tert-OH is 1. The van der Waals surface area contributed by atoms with Gasteiger partial charge in [0.1, 0.15) is 5.69 Å². The van der Waals surface area contributed by atoms with Crippen molar-refractivity contribution in [1.29, 1.82) is 0 Å². The Balaban J connectivity index is 2.09. The second-order valence-electron chi connectivity index (χ2n) is 5.16. The number of halogens is 3. The highest BCUT2D eigenvalue weighted by molar-refractivity contribution is 5.20. The van der Waals surface area contributed by atoms with Crippen molar-refractivity contribution in [3.63, 3.8) is 0 Å². The van der Waals surface area contributed by atoms with Crippen LogP contribution in [0.15, 0.2) is 6.20 Å². The lowest BCUT2D eigenvalue weighted by Crippen LogP contribution is -2.25. The third-order valence-electron chi connectivity index (χ3n) is 3.67. The minimum atomic E-state index is -4.38. The van der Waals surface area contributed by atoms with E-state index in [1.165, 1.54) is 13.2 Å². The fourth-order valence-corrected chi connectivity index (χ4v) is 2.61. The van der Waals surface area contributed by atoms with Crippen LogP contribution in [-0.4, -0.2) is 39.0 Å². The van der Waals surface area contributed by atoms with Gasteiger partial charge in [-0.3, -0.25) is 9.58 Å². The highest BCUT2D eigenvalue weighted by atomic mass is 19.4. The molecule has 1 aliphatic rings. The lowest BCUT2D eigenvalue weighted by Gasteiger charge is -2.18. The number of hydrogen-bond acceptors (Lipinski definition) is 3. The van der Waals surface area contributed by atoms with E-state index in [0.717, 1.165) is 11.1 Å². The predicted octanol–water partition coefficient (Wildman–Crippen LogP) is 1.64. The molecule has 0 aromatic carbocycles. The Labute approximate surface area is 109 Å². The second kappa shape index (κ2) is 5.13. The average Bonchev–Trinajstić information content (AvgIpc) is 2.85. The monoisotopic (exact) mass is 277 g/mol. The second-order valence-corrected chi connectivity index (χ2v) is 5.16. The number of hydrogen-bond donors (Lipinski definition) is 1. The molecule has 2 rings (SSSR count). The van der Waals surface area contributed by atoms with Gasteiger partial charge in [0, 0.05) is 25.7 Å². The van der Waals surface area contributed by atoms with Crippen LogP contribution >= 0.6 is 0 Å². The van der Waals surface area contributed by atoms with Crippen molar-refractivity contribution in [2.45, 2.75) is 32.2 Å². The summed E-state index contributed by atoms with van der Waals surface area (Å²) >= 11 is 0. The quantitative estimate of drug-likeness (QED) is 0.913. The van der Waals surface area contributed by atoms with E-state index in [1.807, 2.05) is 4.90 Å². The predicted molar refractivity (Wildman–Crippen MR) is 63.3 cm³/mol. The number of likely N-dealkylation sites (tertiary alicyclic amines) is 1. The van der Waals surface area contributed by atoms with Gasteiger partial charge in [-0.15, -0.1) is 0 Å². The Kier molecular flexibility index (Phi) is 3.87. The molecule has 2 unspecified atom stereocenters. The van der Waals surface area contributed by atoms with Crippen LogP contribution in [0.2, 0.25) is 0 Å². The van der Waals surface area contributed by atoms with Crippen molar-refractivity contribution in [3.05, 3.63) is 17.5 Å². The maximum absolute atomic E-state index is 12.9. The normalized spacial score (nSPS) is 22.9. The summed E-state index contributed by atoms with van der Waals surface area (Å²) < 4.78 is 39.6. The van der Waals surface area contributed by atoms with Crippen LogP contribution in [0.25, 0.3) is 0 Å². The summed E-state index contributed by atoms with van der Waals surface area (Å²) in [6.45, 7) is 3.29. The smallest absolute Gasteiger partial charge is 0.393 e. The van der Waals surface area contributed by atoms with Gasteiger partial charge in [-0.2, -0.15) is 18.3 Å². The Hall–Kier alpha value is -1.08. The maximum Gasteiger partial charge on any atom is 0.433 e. The van der Waals surface area contributed by atoms with E-state index < -0.39 is 18.0 Å². The van der Waals surface area contributed by atoms with E-state index in [1.54, 1.807) is 6.92 Å². The molecule has 0 bridgehead atoms. The van der Waals surface area contributed by atoms with E-state index in [4.69, 9.17) is 0 Å². The van der Waals surface area contributed by atoms with Gasteiger partial charge in [-0.05, 0) is 25.8 Å². The molecular weight excluding hydrogens is 259 g/mol. The van der Waals surface area contributed by atoms with Crippen LogP contribution in [0, 0.1) is 5.92 Å². The molecule has 0 amide bonds. The van der Waals surface area contributed by atoms with Gasteiger partial charge < -0.3 is 5.11 Å². The maximum atomic E-state index is 12.9. The molecule has 1 aromatic heterocycles. The van der Waals surface area contributed by atoms with E-state index in [2.05, 4.69) is 5.10 Å². The molecule has 1 fully saturated rings. The first-order chi connectivity index (χ1) is 8.79. The standard InChI is InChI=1S/C12H18F3N3O/c1-8(19)9-3-4-18(6-9)7-10-5-16-17(2)11(10)12(13,14)15/h5,8-9,19H,3-4,6-7H2,1-2H3. The minimum Gasteiger partial charge on any atom is -0.393 e. The zero-order valence-electron chi connectivity index (χ0n) is 11.0. The molecule has 0 radical (unpaired) electrons. The van der Waals surface area contributed by atoms with Gasteiger partial charge >= 0.3 is 6.18 Å². The number of rotatable bonds is 3. The van der Waals surface area contributed by atoms with E-state index in [9.17, 15) is 18.3 Å². The summed E-state index contributed by atoms with van der Waals surface area (Å²) in [7, 11) is 1.30. The lowest BCUT2D eigenvalue weighted by atomic mass is 10.0. The summed E-state index contributed by atoms with van der Waals surface area (Å²) in [5.41, 5.74) is -0.491. The highest BCUT2D eigenvalue weighted by Crippen LogP contribution is 2.32. The van der Waals surface area contributed by atoms with Crippen LogP contribution in [0.4, 0.5) is 13.2 Å². The number of nitrogens with zero attached hydrogens (tertiary/aromatic N) is 3. The van der Waals surface area contributed by atoms with Crippen LogP contribution in [0.1, 0.15) is 24.6 Å². The van der Waals surface area contributed by atoms with Gasteiger partial charge in [0.25, 0.3) is 0 Å². The topological polar surface area (TPSA) is 41.3 Å². The van der Waals surface area contributed by atoms with Crippen molar-refractivity contribution < 1.29 is 18.3 Å². The van der Waals surface area contributed by atoms with Crippen LogP contribution < -0.4 is 0 Å². The molecule has 1 aromatic rings. The summed E-state index contributed by atoms with van der Waals surface area (Å²) in [6.07, 6.45) is -2.71. The van der Waals surface area contributed by atoms with Crippen LogP contribution in [0.3, 0.4) is 0 Å². The molecule has 2 heterocycles. The summed E-state index contributed by atoms with van der Waals surface area (Å²) in [5.74, 6) is 0.144. The molecule has 7 heteroatoms. The average molecular weight is 277 g/mol. The Morgan fingerprint density at radius 3 is 2.74 bits per heavy atom. The first kappa shape index (κ1) is 14.3. The summed E-state index contributed by atoms with van der Waals surface area (Å²) in [5, 5.41) is 13.2. The van der Waals surface area contributed by atoms with Crippen LogP contribution in [-0.2, 0) is 19.8 Å². The van der Waals surface area contributed by atoms with Crippen molar-refractivity contribution in [3.8, 4) is 0 Å². The van der Waals surface area contributed by atoms with Crippen molar-refractivity contribution in [2.24, 2.45) is 13.0 Å². The van der Waals surface area contributed by atoms with Crippen molar-refractivity contribution >= 4 is 0 Å². The van der Waals surface area contributed by atoms with Gasteiger partial charge in [0.15, 0.2) is 0 Å². The third-order valence-corrected chi connectivity index (χ3v) is 3.67. The van der Waals surface area contributed by atoms with Crippen molar-refractivity contribution in [2.75, 3.05) is 13.1 Å². The Morgan fingerprint density at radius 2 is 2.21 bits per heavy atom. The molecule has 0 aliphatic carbocycles. The SMILES string of the molecule is CC(O)C1CCN(Cc2cnn(C)c2C(F)(F)F)C1. The molecule has 4 nitrogen and oxygen atoms in total. The Bertz CT molecular complexity index is 442. The third kappa shape index (κ3) is 3.09. The number of aryl methyl sites for hydroxylation is 1. The number of alkyl halides is 3. The largest absolute Gasteiger partial charge is 0.433 e.